The second-order valence-corrected chi connectivity index (χ2v) is 4.78. The quantitative estimate of drug-likeness (QED) is 0.734. The first-order valence-electron chi connectivity index (χ1n) is 6.54. The number of piperidine rings is 1. The van der Waals surface area contributed by atoms with Crippen LogP contribution >= 0.6 is 0 Å². The molecule has 1 N–H and O–H groups in total. The number of carbonyl (C=O) groups excluding carboxylic acids is 1. The van der Waals surface area contributed by atoms with Gasteiger partial charge in [0.25, 0.3) is 0 Å². The van der Waals surface area contributed by atoms with E-state index in [0.717, 1.165) is 52.0 Å². The molecule has 2 saturated heterocycles. The minimum Gasteiger partial charge on any atom is -0.338 e. The lowest BCUT2D eigenvalue weighted by Gasteiger charge is -2.37. The standard InChI is InChI=1S/C12H23N3O/c1-2-14-8-4-11(5-9-14)15-7-3-6-13-10-12(15)16/h11,13H,2-10H2,1H3. The second-order valence-electron chi connectivity index (χ2n) is 4.78. The van der Waals surface area contributed by atoms with Gasteiger partial charge in [-0.2, -0.15) is 0 Å². The lowest BCUT2D eigenvalue weighted by molar-refractivity contribution is -0.132. The minimum absolute atomic E-state index is 0.299. The average Bonchev–Trinajstić information content (AvgIpc) is 2.54. The monoisotopic (exact) mass is 225 g/mol. The van der Waals surface area contributed by atoms with Crippen molar-refractivity contribution < 1.29 is 4.79 Å². The molecule has 0 aliphatic carbocycles. The van der Waals surface area contributed by atoms with E-state index in [4.69, 9.17) is 0 Å². The van der Waals surface area contributed by atoms with Crippen molar-refractivity contribution in [3.05, 3.63) is 0 Å². The molecule has 2 rings (SSSR count). The van der Waals surface area contributed by atoms with Gasteiger partial charge in [-0.1, -0.05) is 6.92 Å². The first kappa shape index (κ1) is 11.9. The number of hydrogen-bond donors (Lipinski definition) is 1. The van der Waals surface area contributed by atoms with Crippen molar-refractivity contribution in [2.75, 3.05) is 39.3 Å². The zero-order valence-electron chi connectivity index (χ0n) is 10.2. The number of hydrogen-bond acceptors (Lipinski definition) is 3. The highest BCUT2D eigenvalue weighted by Gasteiger charge is 2.27. The molecule has 1 amide bonds. The summed E-state index contributed by atoms with van der Waals surface area (Å²) in [6.45, 7) is 8.12. The Labute approximate surface area is 98.0 Å². The summed E-state index contributed by atoms with van der Waals surface area (Å²) >= 11 is 0. The molecule has 0 atom stereocenters. The molecule has 0 aromatic rings. The molecule has 2 heterocycles. The highest BCUT2D eigenvalue weighted by Crippen LogP contribution is 2.17. The Morgan fingerprint density at radius 2 is 2.06 bits per heavy atom. The summed E-state index contributed by atoms with van der Waals surface area (Å²) in [6.07, 6.45) is 3.40. The highest BCUT2D eigenvalue weighted by atomic mass is 16.2. The number of likely N-dealkylation sites (tertiary alicyclic amines) is 1. The van der Waals surface area contributed by atoms with Crippen molar-refractivity contribution in [1.29, 1.82) is 0 Å². The van der Waals surface area contributed by atoms with Crippen LogP contribution in [0.4, 0.5) is 0 Å². The zero-order chi connectivity index (χ0) is 11.4. The minimum atomic E-state index is 0.299. The number of amides is 1. The van der Waals surface area contributed by atoms with Crippen LogP contribution in [-0.2, 0) is 4.79 Å². The Hall–Kier alpha value is -0.610. The Bertz CT molecular complexity index is 236. The molecule has 0 bridgehead atoms. The fourth-order valence-electron chi connectivity index (χ4n) is 2.73. The van der Waals surface area contributed by atoms with Gasteiger partial charge in [-0.25, -0.2) is 0 Å². The summed E-state index contributed by atoms with van der Waals surface area (Å²) in [7, 11) is 0. The van der Waals surface area contributed by atoms with Crippen LogP contribution in [0.15, 0.2) is 0 Å². The average molecular weight is 225 g/mol. The van der Waals surface area contributed by atoms with Crippen LogP contribution < -0.4 is 5.32 Å². The molecule has 4 nitrogen and oxygen atoms in total. The smallest absolute Gasteiger partial charge is 0.236 e. The van der Waals surface area contributed by atoms with Crippen LogP contribution in [0.1, 0.15) is 26.2 Å². The predicted molar refractivity (Wildman–Crippen MR) is 64.3 cm³/mol. The third kappa shape index (κ3) is 2.74. The van der Waals surface area contributed by atoms with Gasteiger partial charge in [0.05, 0.1) is 6.54 Å². The van der Waals surface area contributed by atoms with Crippen LogP contribution in [-0.4, -0.2) is 61.0 Å². The number of nitrogens with zero attached hydrogens (tertiary/aromatic N) is 2. The van der Waals surface area contributed by atoms with Crippen molar-refractivity contribution >= 4 is 5.91 Å². The third-order valence-corrected chi connectivity index (χ3v) is 3.79. The van der Waals surface area contributed by atoms with Crippen molar-refractivity contribution in [3.8, 4) is 0 Å². The van der Waals surface area contributed by atoms with E-state index in [1.165, 1.54) is 0 Å². The summed E-state index contributed by atoms with van der Waals surface area (Å²) in [4.78, 5) is 16.5. The first-order chi connectivity index (χ1) is 7.81. The Kier molecular flexibility index (Phi) is 4.18. The SMILES string of the molecule is CCN1CCC(N2CCCNCC2=O)CC1. The molecule has 16 heavy (non-hydrogen) atoms. The maximum atomic E-state index is 11.9. The van der Waals surface area contributed by atoms with E-state index in [9.17, 15) is 4.79 Å². The van der Waals surface area contributed by atoms with Gasteiger partial charge in [0.1, 0.15) is 0 Å². The molecule has 0 aromatic heterocycles. The lowest BCUT2D eigenvalue weighted by Crippen LogP contribution is -2.48. The maximum Gasteiger partial charge on any atom is 0.236 e. The molecule has 0 saturated carbocycles. The van der Waals surface area contributed by atoms with Gasteiger partial charge in [0, 0.05) is 25.7 Å². The number of rotatable bonds is 2. The molecule has 0 aromatic carbocycles. The predicted octanol–water partition coefficient (Wildman–Crippen LogP) is 0.293. The number of nitrogens with one attached hydrogen (secondary N) is 1. The summed E-state index contributed by atoms with van der Waals surface area (Å²) < 4.78 is 0. The molecule has 2 aliphatic heterocycles. The molecule has 92 valence electrons. The summed E-state index contributed by atoms with van der Waals surface area (Å²) in [5, 5.41) is 3.18. The van der Waals surface area contributed by atoms with Crippen molar-refractivity contribution in [2.45, 2.75) is 32.2 Å². The maximum absolute atomic E-state index is 11.9. The van der Waals surface area contributed by atoms with Gasteiger partial charge in [0.15, 0.2) is 0 Å². The largest absolute Gasteiger partial charge is 0.338 e. The second kappa shape index (κ2) is 5.64. The van der Waals surface area contributed by atoms with Crippen LogP contribution in [0.25, 0.3) is 0 Å². The molecule has 0 radical (unpaired) electrons. The molecule has 4 heteroatoms. The molecule has 2 aliphatic rings. The van der Waals surface area contributed by atoms with E-state index in [1.807, 2.05) is 0 Å². The molecule has 0 spiro atoms. The fraction of sp³-hybridized carbons (Fsp3) is 0.917. The van der Waals surface area contributed by atoms with Crippen molar-refractivity contribution in [1.82, 2.24) is 15.1 Å². The van der Waals surface area contributed by atoms with Crippen LogP contribution in [0.5, 0.6) is 0 Å². The summed E-state index contributed by atoms with van der Waals surface area (Å²) in [5.74, 6) is 0.299. The van der Waals surface area contributed by atoms with Gasteiger partial charge in [-0.3, -0.25) is 4.79 Å². The Balaban J connectivity index is 1.89. The Morgan fingerprint density at radius 3 is 2.75 bits per heavy atom. The van der Waals surface area contributed by atoms with Crippen LogP contribution in [0, 0.1) is 0 Å². The fourth-order valence-corrected chi connectivity index (χ4v) is 2.73. The summed E-state index contributed by atoms with van der Waals surface area (Å²) in [6, 6.07) is 0.496. The molecule has 0 unspecified atom stereocenters. The molecular formula is C12H23N3O. The number of carbonyl (C=O) groups is 1. The van der Waals surface area contributed by atoms with Crippen molar-refractivity contribution in [3.63, 3.8) is 0 Å². The van der Waals surface area contributed by atoms with E-state index in [-0.39, 0.29) is 0 Å². The Morgan fingerprint density at radius 1 is 1.31 bits per heavy atom. The van der Waals surface area contributed by atoms with E-state index in [2.05, 4.69) is 22.0 Å². The van der Waals surface area contributed by atoms with Gasteiger partial charge >= 0.3 is 0 Å². The van der Waals surface area contributed by atoms with E-state index in [1.54, 1.807) is 0 Å². The van der Waals surface area contributed by atoms with Crippen molar-refractivity contribution in [2.24, 2.45) is 0 Å². The highest BCUT2D eigenvalue weighted by molar-refractivity contribution is 5.78. The lowest BCUT2D eigenvalue weighted by atomic mass is 10.0. The molecule has 2 fully saturated rings. The van der Waals surface area contributed by atoms with Crippen LogP contribution in [0.3, 0.4) is 0 Å². The molecular weight excluding hydrogens is 202 g/mol. The van der Waals surface area contributed by atoms with Gasteiger partial charge in [-0.05, 0) is 32.4 Å². The van der Waals surface area contributed by atoms with E-state index >= 15 is 0 Å². The normalized spacial score (nSPS) is 25.8. The summed E-state index contributed by atoms with van der Waals surface area (Å²) in [5.41, 5.74) is 0. The van der Waals surface area contributed by atoms with Gasteiger partial charge in [0.2, 0.25) is 5.91 Å². The zero-order valence-corrected chi connectivity index (χ0v) is 10.2. The van der Waals surface area contributed by atoms with E-state index < -0.39 is 0 Å². The van der Waals surface area contributed by atoms with Gasteiger partial charge < -0.3 is 15.1 Å². The van der Waals surface area contributed by atoms with Crippen LogP contribution in [0.2, 0.25) is 0 Å². The first-order valence-corrected chi connectivity index (χ1v) is 6.54. The topological polar surface area (TPSA) is 35.6 Å². The third-order valence-electron chi connectivity index (χ3n) is 3.79. The van der Waals surface area contributed by atoms with E-state index in [0.29, 0.717) is 18.5 Å². The van der Waals surface area contributed by atoms with Gasteiger partial charge in [-0.15, -0.1) is 0 Å².